The predicted molar refractivity (Wildman–Crippen MR) is 74.9 cm³/mol. The average molecular weight is 316 g/mol. The lowest BCUT2D eigenvalue weighted by Gasteiger charge is -2.17. The third-order valence-electron chi connectivity index (χ3n) is 2.56. The number of hydrogen-bond acceptors (Lipinski definition) is 6. The molecule has 6 nitrogen and oxygen atoms in total. The molecular formula is C12H11Cl2N3O3. The molecule has 2 heterocycles. The minimum Gasteiger partial charge on any atom is -0.464 e. The fourth-order valence-electron chi connectivity index (χ4n) is 1.57. The predicted octanol–water partition coefficient (Wildman–Crippen LogP) is 3.24. The summed E-state index contributed by atoms with van der Waals surface area (Å²) >= 11 is 12.0. The van der Waals surface area contributed by atoms with Gasteiger partial charge in [-0.15, -0.1) is 0 Å². The number of rotatable bonds is 3. The molecule has 0 aromatic carbocycles. The van der Waals surface area contributed by atoms with Gasteiger partial charge in [0.25, 0.3) is 0 Å². The second kappa shape index (κ2) is 5.68. The number of methoxy groups -OCH3 is 1. The van der Waals surface area contributed by atoms with Crippen LogP contribution in [0.2, 0.25) is 10.3 Å². The molecule has 20 heavy (non-hydrogen) atoms. The first-order valence-corrected chi connectivity index (χ1v) is 6.31. The number of furan rings is 1. The van der Waals surface area contributed by atoms with Crippen molar-refractivity contribution in [3.63, 3.8) is 0 Å². The number of esters is 1. The van der Waals surface area contributed by atoms with Gasteiger partial charge in [-0.3, -0.25) is 4.90 Å². The number of halogens is 2. The van der Waals surface area contributed by atoms with Crippen LogP contribution in [0.15, 0.2) is 16.5 Å². The second-order valence-corrected chi connectivity index (χ2v) is 4.63. The summed E-state index contributed by atoms with van der Waals surface area (Å²) in [5, 5.41) is -0.0715. The van der Waals surface area contributed by atoms with Gasteiger partial charge in [0, 0.05) is 13.1 Å². The maximum atomic E-state index is 11.6. The van der Waals surface area contributed by atoms with Crippen LogP contribution in [0.4, 0.5) is 11.7 Å². The molecule has 2 rings (SSSR count). The van der Waals surface area contributed by atoms with Gasteiger partial charge in [-0.1, -0.05) is 11.6 Å². The second-order valence-electron chi connectivity index (χ2n) is 3.91. The Morgan fingerprint density at radius 1 is 1.35 bits per heavy atom. The number of nitrogens with zero attached hydrogens (tertiary/aromatic N) is 3. The molecule has 2 aromatic heterocycles. The fourth-order valence-corrected chi connectivity index (χ4v) is 2.02. The van der Waals surface area contributed by atoms with Crippen LogP contribution in [-0.4, -0.2) is 30.1 Å². The summed E-state index contributed by atoms with van der Waals surface area (Å²) in [4.78, 5) is 21.0. The average Bonchev–Trinajstić information content (AvgIpc) is 2.86. The summed E-state index contributed by atoms with van der Waals surface area (Å²) in [6, 6.07) is 3.54. The molecule has 0 aliphatic carbocycles. The minimum absolute atomic E-state index is 0.0396. The molecule has 0 bridgehead atoms. The Hall–Kier alpha value is -1.79. The van der Waals surface area contributed by atoms with Crippen LogP contribution in [0.1, 0.15) is 16.2 Å². The van der Waals surface area contributed by atoms with Crippen LogP contribution in [0.25, 0.3) is 0 Å². The summed E-state index contributed by atoms with van der Waals surface area (Å²) < 4.78 is 10.1. The molecule has 0 aliphatic rings. The van der Waals surface area contributed by atoms with Gasteiger partial charge in [-0.25, -0.2) is 9.78 Å². The Morgan fingerprint density at radius 2 is 2.05 bits per heavy atom. The van der Waals surface area contributed by atoms with Gasteiger partial charge in [0.1, 0.15) is 10.8 Å². The maximum Gasteiger partial charge on any atom is 0.358 e. The van der Waals surface area contributed by atoms with Gasteiger partial charge < -0.3 is 9.15 Å². The van der Waals surface area contributed by atoms with Gasteiger partial charge in [0.15, 0.2) is 11.5 Å². The lowest BCUT2D eigenvalue weighted by molar-refractivity contribution is 0.0594. The van der Waals surface area contributed by atoms with Crippen LogP contribution < -0.4 is 4.90 Å². The van der Waals surface area contributed by atoms with Crippen LogP contribution >= 0.6 is 23.2 Å². The van der Waals surface area contributed by atoms with E-state index in [2.05, 4.69) is 14.7 Å². The molecule has 106 valence electrons. The highest BCUT2D eigenvalue weighted by Crippen LogP contribution is 2.32. The fraction of sp³-hybridized carbons (Fsp3) is 0.250. The monoisotopic (exact) mass is 315 g/mol. The highest BCUT2D eigenvalue weighted by molar-refractivity contribution is 6.36. The van der Waals surface area contributed by atoms with Crippen molar-refractivity contribution in [2.75, 3.05) is 19.1 Å². The molecule has 8 heteroatoms. The van der Waals surface area contributed by atoms with E-state index >= 15 is 0 Å². The molecule has 0 saturated carbocycles. The van der Waals surface area contributed by atoms with E-state index in [0.717, 1.165) is 5.76 Å². The summed E-state index contributed by atoms with van der Waals surface area (Å²) in [6.07, 6.45) is 0. The molecule has 0 amide bonds. The highest BCUT2D eigenvalue weighted by Gasteiger charge is 2.22. The zero-order valence-electron chi connectivity index (χ0n) is 11.0. The Balaban J connectivity index is 2.51. The minimum atomic E-state index is -0.690. The van der Waals surface area contributed by atoms with Crippen molar-refractivity contribution >= 4 is 40.9 Å². The van der Waals surface area contributed by atoms with Crippen LogP contribution in [0, 0.1) is 6.92 Å². The van der Waals surface area contributed by atoms with E-state index in [4.69, 9.17) is 27.6 Å². The topological polar surface area (TPSA) is 68.5 Å². The van der Waals surface area contributed by atoms with E-state index in [9.17, 15) is 4.79 Å². The number of carbonyl (C=O) groups excluding carboxylic acids is 1. The molecule has 0 atom stereocenters. The summed E-state index contributed by atoms with van der Waals surface area (Å²) in [6.45, 7) is 1.81. The Morgan fingerprint density at radius 3 is 2.60 bits per heavy atom. The Labute approximate surface area is 125 Å². The Bertz CT molecular complexity index is 657. The molecule has 0 N–H and O–H groups in total. The van der Waals surface area contributed by atoms with Crippen molar-refractivity contribution in [1.29, 1.82) is 0 Å². The molecular weight excluding hydrogens is 305 g/mol. The Kier molecular flexibility index (Phi) is 4.15. The summed E-state index contributed by atoms with van der Waals surface area (Å²) in [5.41, 5.74) is -0.0979. The van der Waals surface area contributed by atoms with Gasteiger partial charge in [-0.2, -0.15) is 4.98 Å². The largest absolute Gasteiger partial charge is 0.464 e. The molecule has 0 aliphatic heterocycles. The van der Waals surface area contributed by atoms with Crippen molar-refractivity contribution in [2.24, 2.45) is 0 Å². The van der Waals surface area contributed by atoms with Gasteiger partial charge in [0.2, 0.25) is 11.2 Å². The van der Waals surface area contributed by atoms with Gasteiger partial charge in [0.05, 0.1) is 7.11 Å². The van der Waals surface area contributed by atoms with Gasteiger partial charge >= 0.3 is 5.97 Å². The van der Waals surface area contributed by atoms with E-state index in [1.807, 2.05) is 6.92 Å². The molecule has 2 aromatic rings. The van der Waals surface area contributed by atoms with Crippen molar-refractivity contribution in [2.45, 2.75) is 6.92 Å². The maximum absolute atomic E-state index is 11.6. The number of ether oxygens (including phenoxy) is 1. The third-order valence-corrected chi connectivity index (χ3v) is 3.08. The highest BCUT2D eigenvalue weighted by atomic mass is 35.5. The van der Waals surface area contributed by atoms with Crippen molar-refractivity contribution < 1.29 is 13.9 Å². The number of carbonyl (C=O) groups is 1. The SMILES string of the molecule is COC(=O)c1nc(Cl)nc(N(C)c2ccc(C)o2)c1Cl. The molecule has 0 spiro atoms. The van der Waals surface area contributed by atoms with E-state index in [0.29, 0.717) is 5.88 Å². The van der Waals surface area contributed by atoms with Crippen LogP contribution in [0.5, 0.6) is 0 Å². The zero-order chi connectivity index (χ0) is 14.9. The number of hydrogen-bond donors (Lipinski definition) is 0. The first-order valence-electron chi connectivity index (χ1n) is 5.55. The van der Waals surface area contributed by atoms with E-state index in [1.165, 1.54) is 7.11 Å². The molecule has 0 unspecified atom stereocenters. The number of aryl methyl sites for hydroxylation is 1. The third kappa shape index (κ3) is 2.71. The van der Waals surface area contributed by atoms with E-state index in [-0.39, 0.29) is 21.8 Å². The molecule has 0 radical (unpaired) electrons. The van der Waals surface area contributed by atoms with Crippen molar-refractivity contribution in [3.8, 4) is 0 Å². The smallest absolute Gasteiger partial charge is 0.358 e. The molecule has 0 fully saturated rings. The molecule has 0 saturated heterocycles. The van der Waals surface area contributed by atoms with Crippen molar-refractivity contribution in [3.05, 3.63) is 33.9 Å². The van der Waals surface area contributed by atoms with Crippen LogP contribution in [0.3, 0.4) is 0 Å². The number of anilines is 2. The number of aromatic nitrogens is 2. The standard InChI is InChI=1S/C12H11Cl2N3O3/c1-6-4-5-7(20-6)17(2)10-8(13)9(11(18)19-3)15-12(14)16-10/h4-5H,1-3H3. The lowest BCUT2D eigenvalue weighted by atomic mass is 10.3. The lowest BCUT2D eigenvalue weighted by Crippen LogP contribution is -2.15. The first kappa shape index (κ1) is 14.6. The van der Waals surface area contributed by atoms with E-state index < -0.39 is 5.97 Å². The van der Waals surface area contributed by atoms with Crippen LogP contribution in [-0.2, 0) is 4.74 Å². The summed E-state index contributed by atoms with van der Waals surface area (Å²) in [7, 11) is 2.91. The first-order chi connectivity index (χ1) is 9.43. The zero-order valence-corrected chi connectivity index (χ0v) is 12.5. The normalized spacial score (nSPS) is 10.4. The quantitative estimate of drug-likeness (QED) is 0.639. The van der Waals surface area contributed by atoms with Crippen molar-refractivity contribution in [1.82, 2.24) is 9.97 Å². The summed E-state index contributed by atoms with van der Waals surface area (Å²) in [5.74, 6) is 0.803. The van der Waals surface area contributed by atoms with Gasteiger partial charge in [-0.05, 0) is 24.6 Å². The van der Waals surface area contributed by atoms with E-state index in [1.54, 1.807) is 24.1 Å².